The molecule has 1 aliphatic rings. The number of para-hydroxylation sites is 1. The summed E-state index contributed by atoms with van der Waals surface area (Å²) in [6, 6.07) is 5.51. The number of nitrogen functional groups attached to an aromatic ring is 1. The molecule has 3 heteroatoms. The molecule has 1 heterocycles. The fraction of sp³-hybridized carbons (Fsp3) is 0.400. The van der Waals surface area contributed by atoms with Crippen LogP contribution in [0.4, 0.5) is 11.4 Å². The number of nitrogens with two attached hydrogens (primary N) is 1. The summed E-state index contributed by atoms with van der Waals surface area (Å²) >= 11 is 0. The zero-order chi connectivity index (χ0) is 9.26. The van der Waals surface area contributed by atoms with Crippen LogP contribution >= 0.6 is 0 Å². The number of phenols is 1. The van der Waals surface area contributed by atoms with Crippen molar-refractivity contribution in [3.05, 3.63) is 18.2 Å². The van der Waals surface area contributed by atoms with Crippen LogP contribution < -0.4 is 10.6 Å². The molecule has 0 aromatic heterocycles. The van der Waals surface area contributed by atoms with Crippen molar-refractivity contribution in [1.29, 1.82) is 0 Å². The first-order valence-electron chi connectivity index (χ1n) is 4.61. The van der Waals surface area contributed by atoms with E-state index in [0.717, 1.165) is 18.8 Å². The largest absolute Gasteiger partial charge is 0.504 e. The molecule has 0 bridgehead atoms. The third-order valence-corrected chi connectivity index (χ3v) is 2.49. The van der Waals surface area contributed by atoms with E-state index in [4.69, 9.17) is 5.73 Å². The van der Waals surface area contributed by atoms with Crippen LogP contribution in [0.15, 0.2) is 18.2 Å². The summed E-state index contributed by atoms with van der Waals surface area (Å²) in [6.07, 6.45) is 2.41. The van der Waals surface area contributed by atoms with Crippen LogP contribution in [0, 0.1) is 0 Å². The zero-order valence-corrected chi connectivity index (χ0v) is 7.53. The molecule has 1 aliphatic heterocycles. The quantitative estimate of drug-likeness (QED) is 0.507. The highest BCUT2D eigenvalue weighted by Crippen LogP contribution is 2.34. The van der Waals surface area contributed by atoms with E-state index in [1.165, 1.54) is 12.8 Å². The Bertz CT molecular complexity index is 306. The Morgan fingerprint density at radius 3 is 2.62 bits per heavy atom. The molecule has 0 spiro atoms. The van der Waals surface area contributed by atoms with Gasteiger partial charge in [0.1, 0.15) is 0 Å². The third-order valence-electron chi connectivity index (χ3n) is 2.49. The molecule has 0 radical (unpaired) electrons. The van der Waals surface area contributed by atoms with E-state index in [9.17, 15) is 5.11 Å². The van der Waals surface area contributed by atoms with E-state index in [2.05, 4.69) is 4.90 Å². The van der Waals surface area contributed by atoms with Gasteiger partial charge in [0.2, 0.25) is 0 Å². The second-order valence-corrected chi connectivity index (χ2v) is 3.41. The number of benzene rings is 1. The molecule has 1 fully saturated rings. The lowest BCUT2D eigenvalue weighted by molar-refractivity contribution is 0.477. The molecule has 0 aliphatic carbocycles. The lowest BCUT2D eigenvalue weighted by Crippen LogP contribution is -2.17. The predicted octanol–water partition coefficient (Wildman–Crippen LogP) is 1.57. The molecule has 2 rings (SSSR count). The number of nitrogens with zero attached hydrogens (tertiary/aromatic N) is 1. The molecule has 0 amide bonds. The number of hydrogen-bond donors (Lipinski definition) is 2. The Morgan fingerprint density at radius 1 is 1.23 bits per heavy atom. The lowest BCUT2D eigenvalue weighted by Gasteiger charge is -2.19. The second kappa shape index (κ2) is 3.17. The molecule has 13 heavy (non-hydrogen) atoms. The van der Waals surface area contributed by atoms with Crippen LogP contribution in [0.5, 0.6) is 5.75 Å². The van der Waals surface area contributed by atoms with Gasteiger partial charge in [-0.3, -0.25) is 0 Å². The normalized spacial score (nSPS) is 16.5. The van der Waals surface area contributed by atoms with Crippen LogP contribution in [-0.4, -0.2) is 18.2 Å². The fourth-order valence-electron chi connectivity index (χ4n) is 1.76. The molecular weight excluding hydrogens is 164 g/mol. The van der Waals surface area contributed by atoms with Crippen molar-refractivity contribution in [2.45, 2.75) is 12.8 Å². The number of phenolic OH excluding ortho intramolecular Hbond substituents is 1. The van der Waals surface area contributed by atoms with Crippen LogP contribution in [0.25, 0.3) is 0 Å². The molecule has 0 saturated carbocycles. The smallest absolute Gasteiger partial charge is 0.162 e. The standard InChI is InChI=1S/C10H14N2O/c11-8-4-3-5-9(10(8)13)12-6-1-2-7-12/h3-5,13H,1-2,6-7,11H2. The monoisotopic (exact) mass is 178 g/mol. The molecule has 3 nitrogen and oxygen atoms in total. The summed E-state index contributed by atoms with van der Waals surface area (Å²) in [4.78, 5) is 2.17. The van der Waals surface area contributed by atoms with Gasteiger partial charge in [-0.1, -0.05) is 6.07 Å². The summed E-state index contributed by atoms with van der Waals surface area (Å²) in [5.74, 6) is 0.226. The summed E-state index contributed by atoms with van der Waals surface area (Å²) in [5, 5.41) is 9.69. The number of rotatable bonds is 1. The van der Waals surface area contributed by atoms with Gasteiger partial charge in [0.15, 0.2) is 5.75 Å². The molecular formula is C10H14N2O. The minimum absolute atomic E-state index is 0.226. The first kappa shape index (κ1) is 8.23. The topological polar surface area (TPSA) is 49.5 Å². The van der Waals surface area contributed by atoms with Crippen LogP contribution in [-0.2, 0) is 0 Å². The van der Waals surface area contributed by atoms with Gasteiger partial charge < -0.3 is 15.7 Å². The van der Waals surface area contributed by atoms with Gasteiger partial charge in [0, 0.05) is 13.1 Å². The Balaban J connectivity index is 2.33. The Hall–Kier alpha value is -1.38. The minimum Gasteiger partial charge on any atom is -0.504 e. The van der Waals surface area contributed by atoms with E-state index < -0.39 is 0 Å². The van der Waals surface area contributed by atoms with Crippen molar-refractivity contribution in [2.75, 3.05) is 23.7 Å². The molecule has 0 unspecified atom stereocenters. The maximum atomic E-state index is 9.69. The van der Waals surface area contributed by atoms with Gasteiger partial charge in [0.05, 0.1) is 11.4 Å². The highest BCUT2D eigenvalue weighted by atomic mass is 16.3. The van der Waals surface area contributed by atoms with Gasteiger partial charge >= 0.3 is 0 Å². The number of aromatic hydroxyl groups is 1. The van der Waals surface area contributed by atoms with E-state index in [-0.39, 0.29) is 5.75 Å². The average Bonchev–Trinajstić information content (AvgIpc) is 2.62. The second-order valence-electron chi connectivity index (χ2n) is 3.41. The van der Waals surface area contributed by atoms with Crippen molar-refractivity contribution in [1.82, 2.24) is 0 Å². The van der Waals surface area contributed by atoms with Gasteiger partial charge in [-0.25, -0.2) is 0 Å². The first-order valence-corrected chi connectivity index (χ1v) is 4.61. The van der Waals surface area contributed by atoms with E-state index in [0.29, 0.717) is 5.69 Å². The van der Waals surface area contributed by atoms with Gasteiger partial charge in [-0.2, -0.15) is 0 Å². The molecule has 3 N–H and O–H groups in total. The van der Waals surface area contributed by atoms with Crippen LogP contribution in [0.1, 0.15) is 12.8 Å². The fourth-order valence-corrected chi connectivity index (χ4v) is 1.76. The zero-order valence-electron chi connectivity index (χ0n) is 7.53. The summed E-state index contributed by atoms with van der Waals surface area (Å²) in [6.45, 7) is 2.05. The van der Waals surface area contributed by atoms with Crippen molar-refractivity contribution >= 4 is 11.4 Å². The van der Waals surface area contributed by atoms with Crippen LogP contribution in [0.2, 0.25) is 0 Å². The Labute approximate surface area is 77.8 Å². The molecule has 1 aromatic carbocycles. The minimum atomic E-state index is 0.226. The highest BCUT2D eigenvalue weighted by Gasteiger charge is 2.16. The predicted molar refractivity (Wildman–Crippen MR) is 54.0 cm³/mol. The lowest BCUT2D eigenvalue weighted by atomic mass is 10.2. The number of hydrogen-bond acceptors (Lipinski definition) is 3. The molecule has 0 atom stereocenters. The van der Waals surface area contributed by atoms with Gasteiger partial charge in [-0.15, -0.1) is 0 Å². The Morgan fingerprint density at radius 2 is 1.92 bits per heavy atom. The first-order chi connectivity index (χ1) is 6.29. The maximum absolute atomic E-state index is 9.69. The van der Waals surface area contributed by atoms with E-state index in [1.54, 1.807) is 6.07 Å². The highest BCUT2D eigenvalue weighted by molar-refractivity contribution is 5.69. The molecule has 1 aromatic rings. The average molecular weight is 178 g/mol. The van der Waals surface area contributed by atoms with Crippen LogP contribution in [0.3, 0.4) is 0 Å². The van der Waals surface area contributed by atoms with Gasteiger partial charge in [0.25, 0.3) is 0 Å². The number of anilines is 2. The van der Waals surface area contributed by atoms with E-state index in [1.807, 2.05) is 12.1 Å². The van der Waals surface area contributed by atoms with Crippen molar-refractivity contribution in [2.24, 2.45) is 0 Å². The van der Waals surface area contributed by atoms with E-state index >= 15 is 0 Å². The molecule has 1 saturated heterocycles. The van der Waals surface area contributed by atoms with Crippen molar-refractivity contribution in [3.8, 4) is 5.75 Å². The molecule has 70 valence electrons. The maximum Gasteiger partial charge on any atom is 0.162 e. The third kappa shape index (κ3) is 1.41. The summed E-state index contributed by atoms with van der Waals surface area (Å²) < 4.78 is 0. The summed E-state index contributed by atoms with van der Waals surface area (Å²) in [7, 11) is 0. The Kier molecular flexibility index (Phi) is 2.00. The summed E-state index contributed by atoms with van der Waals surface area (Å²) in [5.41, 5.74) is 6.95. The van der Waals surface area contributed by atoms with Crippen molar-refractivity contribution < 1.29 is 5.11 Å². The SMILES string of the molecule is Nc1cccc(N2CCCC2)c1O. The van der Waals surface area contributed by atoms with Crippen molar-refractivity contribution in [3.63, 3.8) is 0 Å². The van der Waals surface area contributed by atoms with Gasteiger partial charge in [-0.05, 0) is 25.0 Å².